The quantitative estimate of drug-likeness (QED) is 0.797. The zero-order valence-electron chi connectivity index (χ0n) is 11.8. The Morgan fingerprint density at radius 3 is 2.78 bits per heavy atom. The van der Waals surface area contributed by atoms with Gasteiger partial charge >= 0.3 is 0 Å². The van der Waals surface area contributed by atoms with Crippen LogP contribution in [0.3, 0.4) is 0 Å². The van der Waals surface area contributed by atoms with Gasteiger partial charge in [0.2, 0.25) is 0 Å². The van der Waals surface area contributed by atoms with Gasteiger partial charge in [-0.2, -0.15) is 0 Å². The van der Waals surface area contributed by atoms with Crippen molar-refractivity contribution in [3.8, 4) is 10.7 Å². The number of carbonyl (C=O) groups is 1. The zero-order valence-corrected chi connectivity index (χ0v) is 12.6. The Balaban J connectivity index is 1.65. The highest BCUT2D eigenvalue weighted by Crippen LogP contribution is 2.21. The fourth-order valence-electron chi connectivity index (χ4n) is 1.91. The summed E-state index contributed by atoms with van der Waals surface area (Å²) in [6, 6.07) is 8.56. The summed E-state index contributed by atoms with van der Waals surface area (Å²) in [5.74, 6) is -2.53. The summed E-state index contributed by atoms with van der Waals surface area (Å²) in [6.45, 7) is 0.196. The molecule has 3 aromatic rings. The number of pyridine rings is 1. The molecule has 0 saturated carbocycles. The molecule has 4 nitrogen and oxygen atoms in total. The minimum Gasteiger partial charge on any atom is -0.346 e. The molecule has 1 aromatic carbocycles. The maximum atomic E-state index is 13.1. The van der Waals surface area contributed by atoms with Gasteiger partial charge in [-0.3, -0.25) is 9.78 Å². The van der Waals surface area contributed by atoms with Crippen LogP contribution in [0.15, 0.2) is 48.0 Å². The van der Waals surface area contributed by atoms with Crippen LogP contribution in [0.1, 0.15) is 16.1 Å². The second kappa shape index (κ2) is 6.62. The highest BCUT2D eigenvalue weighted by molar-refractivity contribution is 7.13. The number of amides is 1. The largest absolute Gasteiger partial charge is 0.346 e. The summed E-state index contributed by atoms with van der Waals surface area (Å²) < 4.78 is 26.0. The normalized spacial score (nSPS) is 10.5. The third-order valence-corrected chi connectivity index (χ3v) is 3.96. The number of carbonyl (C=O) groups excluding carboxylic acids is 1. The van der Waals surface area contributed by atoms with E-state index in [0.29, 0.717) is 5.69 Å². The Morgan fingerprint density at radius 1 is 1.17 bits per heavy atom. The lowest BCUT2D eigenvalue weighted by Gasteiger charge is -2.03. The molecular formula is C16H11F2N3OS. The smallest absolute Gasteiger partial charge is 0.251 e. The minimum atomic E-state index is -1.05. The molecule has 0 aliphatic carbocycles. The van der Waals surface area contributed by atoms with E-state index in [1.807, 2.05) is 23.6 Å². The Labute approximate surface area is 134 Å². The molecule has 0 bridgehead atoms. The highest BCUT2D eigenvalue weighted by atomic mass is 32.1. The Bertz CT molecular complexity index is 836. The van der Waals surface area contributed by atoms with Gasteiger partial charge in [-0.1, -0.05) is 6.07 Å². The first-order valence-corrected chi connectivity index (χ1v) is 7.60. The van der Waals surface area contributed by atoms with Crippen molar-refractivity contribution >= 4 is 17.2 Å². The summed E-state index contributed by atoms with van der Waals surface area (Å²) in [6.07, 6.45) is 1.68. The molecule has 116 valence electrons. The van der Waals surface area contributed by atoms with Gasteiger partial charge in [0.05, 0.1) is 17.9 Å². The maximum absolute atomic E-state index is 13.1. The molecule has 0 radical (unpaired) electrons. The summed E-state index contributed by atoms with van der Waals surface area (Å²) in [5.41, 5.74) is 1.49. The Kier molecular flexibility index (Phi) is 4.38. The van der Waals surface area contributed by atoms with Gasteiger partial charge in [0.15, 0.2) is 11.6 Å². The minimum absolute atomic E-state index is 0.0593. The fourth-order valence-corrected chi connectivity index (χ4v) is 2.70. The first-order valence-electron chi connectivity index (χ1n) is 6.72. The van der Waals surface area contributed by atoms with E-state index in [1.165, 1.54) is 17.4 Å². The van der Waals surface area contributed by atoms with Crippen LogP contribution >= 0.6 is 11.3 Å². The molecule has 0 saturated heterocycles. The van der Waals surface area contributed by atoms with Crippen LogP contribution in [0, 0.1) is 11.6 Å². The molecule has 0 unspecified atom stereocenters. The van der Waals surface area contributed by atoms with Crippen molar-refractivity contribution in [1.82, 2.24) is 15.3 Å². The van der Waals surface area contributed by atoms with Crippen LogP contribution in [-0.4, -0.2) is 15.9 Å². The van der Waals surface area contributed by atoms with Crippen molar-refractivity contribution in [2.75, 3.05) is 0 Å². The summed E-state index contributed by atoms with van der Waals surface area (Å²) >= 11 is 1.42. The predicted octanol–water partition coefficient (Wildman–Crippen LogP) is 3.41. The van der Waals surface area contributed by atoms with Gasteiger partial charge in [0.25, 0.3) is 5.91 Å². The molecule has 0 atom stereocenters. The van der Waals surface area contributed by atoms with E-state index in [-0.39, 0.29) is 12.1 Å². The van der Waals surface area contributed by atoms with Crippen LogP contribution in [0.25, 0.3) is 10.7 Å². The number of nitrogens with one attached hydrogen (secondary N) is 1. The van der Waals surface area contributed by atoms with Gasteiger partial charge in [0.1, 0.15) is 5.01 Å². The van der Waals surface area contributed by atoms with Crippen LogP contribution in [0.5, 0.6) is 0 Å². The van der Waals surface area contributed by atoms with Gasteiger partial charge < -0.3 is 5.32 Å². The molecule has 1 N–H and O–H groups in total. The number of halogens is 2. The second-order valence-corrected chi connectivity index (χ2v) is 5.53. The van der Waals surface area contributed by atoms with Gasteiger partial charge in [-0.15, -0.1) is 11.3 Å². The number of benzene rings is 1. The van der Waals surface area contributed by atoms with E-state index in [2.05, 4.69) is 15.3 Å². The average Bonchev–Trinajstić information content (AvgIpc) is 3.05. The maximum Gasteiger partial charge on any atom is 0.251 e. The van der Waals surface area contributed by atoms with Crippen molar-refractivity contribution in [3.05, 3.63) is 70.9 Å². The van der Waals surface area contributed by atoms with E-state index in [0.717, 1.165) is 22.8 Å². The first kappa shape index (κ1) is 15.2. The first-order chi connectivity index (χ1) is 11.1. The number of thiazole rings is 1. The lowest BCUT2D eigenvalue weighted by molar-refractivity contribution is 0.0950. The van der Waals surface area contributed by atoms with E-state index in [9.17, 15) is 13.6 Å². The molecule has 0 aliphatic rings. The van der Waals surface area contributed by atoms with Crippen molar-refractivity contribution in [3.63, 3.8) is 0 Å². The van der Waals surface area contributed by atoms with Crippen molar-refractivity contribution in [1.29, 1.82) is 0 Å². The monoisotopic (exact) mass is 331 g/mol. The van der Waals surface area contributed by atoms with Gasteiger partial charge in [-0.05, 0) is 30.3 Å². The van der Waals surface area contributed by atoms with Crippen LogP contribution in [0.4, 0.5) is 8.78 Å². The molecule has 7 heteroatoms. The fraction of sp³-hybridized carbons (Fsp3) is 0.0625. The zero-order chi connectivity index (χ0) is 16.2. The Hall–Kier alpha value is -2.67. The number of nitrogens with zero attached hydrogens (tertiary/aromatic N) is 2. The number of rotatable bonds is 4. The number of hydrogen-bond donors (Lipinski definition) is 1. The molecule has 0 spiro atoms. The molecule has 3 rings (SSSR count). The Morgan fingerprint density at radius 2 is 2.04 bits per heavy atom. The van der Waals surface area contributed by atoms with E-state index in [4.69, 9.17) is 0 Å². The van der Waals surface area contributed by atoms with Gasteiger partial charge in [-0.25, -0.2) is 13.8 Å². The molecule has 23 heavy (non-hydrogen) atoms. The lowest BCUT2D eigenvalue weighted by Crippen LogP contribution is -2.23. The van der Waals surface area contributed by atoms with E-state index < -0.39 is 17.5 Å². The molecule has 2 heterocycles. The molecular weight excluding hydrogens is 320 g/mol. The lowest BCUT2D eigenvalue weighted by atomic mass is 10.2. The van der Waals surface area contributed by atoms with Crippen molar-refractivity contribution in [2.45, 2.75) is 6.54 Å². The molecule has 0 aliphatic heterocycles. The SMILES string of the molecule is O=C(NCc1csc(-c2ccccn2)n1)c1ccc(F)c(F)c1. The summed E-state index contributed by atoms with van der Waals surface area (Å²) in [5, 5.41) is 5.19. The van der Waals surface area contributed by atoms with E-state index in [1.54, 1.807) is 6.20 Å². The van der Waals surface area contributed by atoms with Crippen LogP contribution in [0.2, 0.25) is 0 Å². The molecule has 0 fully saturated rings. The van der Waals surface area contributed by atoms with E-state index >= 15 is 0 Å². The molecule has 2 aromatic heterocycles. The van der Waals surface area contributed by atoms with Gasteiger partial charge in [0, 0.05) is 17.1 Å². The highest BCUT2D eigenvalue weighted by Gasteiger charge is 2.11. The summed E-state index contributed by atoms with van der Waals surface area (Å²) in [7, 11) is 0. The van der Waals surface area contributed by atoms with Crippen molar-refractivity contribution in [2.24, 2.45) is 0 Å². The average molecular weight is 331 g/mol. The topological polar surface area (TPSA) is 54.9 Å². The number of hydrogen-bond acceptors (Lipinski definition) is 4. The third-order valence-electron chi connectivity index (χ3n) is 3.05. The third kappa shape index (κ3) is 3.57. The molecule has 1 amide bonds. The number of aromatic nitrogens is 2. The predicted molar refractivity (Wildman–Crippen MR) is 82.9 cm³/mol. The van der Waals surface area contributed by atoms with Crippen LogP contribution in [-0.2, 0) is 6.54 Å². The second-order valence-electron chi connectivity index (χ2n) is 4.67. The van der Waals surface area contributed by atoms with Crippen LogP contribution < -0.4 is 5.32 Å². The summed E-state index contributed by atoms with van der Waals surface area (Å²) in [4.78, 5) is 20.5. The van der Waals surface area contributed by atoms with Crippen molar-refractivity contribution < 1.29 is 13.6 Å². The standard InChI is InChI=1S/C16H11F2N3OS/c17-12-5-4-10(7-13(12)18)15(22)20-8-11-9-23-16(21-11)14-3-1-2-6-19-14/h1-7,9H,8H2,(H,20,22).